The van der Waals surface area contributed by atoms with E-state index in [1.165, 1.54) is 11.7 Å². The maximum Gasteiger partial charge on any atom is 0.256 e. The number of amides is 1. The Morgan fingerprint density at radius 3 is 2.74 bits per heavy atom. The highest BCUT2D eigenvalue weighted by Crippen LogP contribution is 2.29. The molecule has 2 aromatic heterocycles. The normalized spacial score (nSPS) is 11.3. The predicted molar refractivity (Wildman–Crippen MR) is 107 cm³/mol. The van der Waals surface area contributed by atoms with Crippen molar-refractivity contribution < 1.29 is 9.53 Å². The van der Waals surface area contributed by atoms with Crippen LogP contribution in [-0.4, -0.2) is 38.3 Å². The Labute approximate surface area is 161 Å². The summed E-state index contributed by atoms with van der Waals surface area (Å²) < 4.78 is 15.9. The molecule has 0 spiro atoms. The number of rotatable bonds is 4. The lowest BCUT2D eigenvalue weighted by atomic mass is 10.1. The van der Waals surface area contributed by atoms with Crippen LogP contribution in [-0.2, 0) is 13.6 Å². The van der Waals surface area contributed by atoms with Crippen molar-refractivity contribution in [2.75, 3.05) is 14.2 Å². The molecule has 0 bridgehead atoms. The number of hydrogen-bond donors (Lipinski definition) is 0. The molecule has 0 aliphatic rings. The summed E-state index contributed by atoms with van der Waals surface area (Å²) in [6, 6.07) is 11.8. The summed E-state index contributed by atoms with van der Waals surface area (Å²) in [5, 5.41) is 0.908. The molecule has 27 heavy (non-hydrogen) atoms. The maximum absolute atomic E-state index is 13.3. The summed E-state index contributed by atoms with van der Waals surface area (Å²) >= 11 is 1.20. The summed E-state index contributed by atoms with van der Waals surface area (Å²) in [6.07, 6.45) is 0. The number of aryl methyl sites for hydroxylation is 1. The van der Waals surface area contributed by atoms with Crippen molar-refractivity contribution in [1.29, 1.82) is 0 Å². The third kappa shape index (κ3) is 2.94. The van der Waals surface area contributed by atoms with Gasteiger partial charge in [0, 0.05) is 37.2 Å². The Morgan fingerprint density at radius 1 is 1.19 bits per heavy atom. The molecule has 4 aromatic rings. The lowest BCUT2D eigenvalue weighted by molar-refractivity contribution is 0.0786. The van der Waals surface area contributed by atoms with E-state index in [9.17, 15) is 4.79 Å². The molecule has 0 N–H and O–H groups in total. The molecule has 0 fully saturated rings. The molecule has 0 radical (unpaired) electrons. The average Bonchev–Trinajstić information content (AvgIpc) is 3.23. The van der Waals surface area contributed by atoms with Crippen molar-refractivity contribution >= 4 is 39.6 Å². The first-order chi connectivity index (χ1) is 13.0. The molecule has 0 aliphatic carbocycles. The van der Waals surface area contributed by atoms with Crippen molar-refractivity contribution in [3.05, 3.63) is 53.2 Å². The van der Waals surface area contributed by atoms with Crippen molar-refractivity contribution in [2.45, 2.75) is 13.5 Å². The molecule has 2 aromatic carbocycles. The Morgan fingerprint density at radius 2 is 1.96 bits per heavy atom. The molecule has 1 amide bonds. The van der Waals surface area contributed by atoms with E-state index in [4.69, 9.17) is 4.74 Å². The van der Waals surface area contributed by atoms with Crippen molar-refractivity contribution in [2.24, 2.45) is 7.05 Å². The van der Waals surface area contributed by atoms with Crippen LogP contribution >= 0.6 is 11.7 Å². The van der Waals surface area contributed by atoms with Crippen LogP contribution in [0.25, 0.3) is 21.9 Å². The van der Waals surface area contributed by atoms with Gasteiger partial charge in [-0.15, -0.1) is 0 Å². The fourth-order valence-electron chi connectivity index (χ4n) is 3.41. The molecule has 6 nitrogen and oxygen atoms in total. The summed E-state index contributed by atoms with van der Waals surface area (Å²) in [4.78, 5) is 15.0. The molecule has 0 atom stereocenters. The molecule has 0 saturated carbocycles. The van der Waals surface area contributed by atoms with Crippen molar-refractivity contribution in [3.63, 3.8) is 0 Å². The Kier molecular flexibility index (Phi) is 4.31. The molecular weight excluding hydrogens is 360 g/mol. The van der Waals surface area contributed by atoms with E-state index < -0.39 is 0 Å². The fraction of sp³-hybridized carbons (Fsp3) is 0.250. The Bertz CT molecular complexity index is 1160. The largest absolute Gasteiger partial charge is 0.497 e. The van der Waals surface area contributed by atoms with Crippen LogP contribution in [0.5, 0.6) is 5.75 Å². The van der Waals surface area contributed by atoms with Crippen LogP contribution in [0, 0.1) is 6.92 Å². The van der Waals surface area contributed by atoms with Crippen LogP contribution < -0.4 is 4.74 Å². The minimum Gasteiger partial charge on any atom is -0.497 e. The lowest BCUT2D eigenvalue weighted by Gasteiger charge is -2.18. The van der Waals surface area contributed by atoms with Crippen molar-refractivity contribution in [1.82, 2.24) is 18.2 Å². The van der Waals surface area contributed by atoms with Gasteiger partial charge in [0.05, 0.1) is 24.4 Å². The van der Waals surface area contributed by atoms with Gasteiger partial charge in [-0.25, -0.2) is 0 Å². The Hall–Kier alpha value is -2.93. The van der Waals surface area contributed by atoms with E-state index >= 15 is 0 Å². The van der Waals surface area contributed by atoms with Gasteiger partial charge in [0.1, 0.15) is 16.8 Å². The van der Waals surface area contributed by atoms with Crippen LogP contribution in [0.4, 0.5) is 0 Å². The summed E-state index contributed by atoms with van der Waals surface area (Å²) in [7, 11) is 5.43. The van der Waals surface area contributed by atoms with Gasteiger partial charge in [-0.1, -0.05) is 6.07 Å². The van der Waals surface area contributed by atoms with Gasteiger partial charge in [0.2, 0.25) is 0 Å². The van der Waals surface area contributed by atoms with E-state index in [1.807, 2.05) is 62.0 Å². The minimum atomic E-state index is -0.0112. The number of ether oxygens (including phenoxy) is 1. The number of carbonyl (C=O) groups excluding carboxylic acids is 1. The summed E-state index contributed by atoms with van der Waals surface area (Å²) in [5.41, 5.74) is 5.44. The second-order valence-electron chi connectivity index (χ2n) is 6.65. The molecular formula is C20H20N4O2S. The standard InChI is InChI=1S/C20H20N4O2S/c1-12-19(15-10-14(26-4)6-8-18(15)24(12)3)20(25)23(2)11-13-5-7-16-17(9-13)22-27-21-16/h5-10H,11H2,1-4H3. The number of fused-ring (bicyclic) bond motifs is 2. The quantitative estimate of drug-likeness (QED) is 0.541. The molecule has 4 rings (SSSR count). The van der Waals surface area contributed by atoms with Gasteiger partial charge in [-0.05, 0) is 42.8 Å². The smallest absolute Gasteiger partial charge is 0.256 e. The topological polar surface area (TPSA) is 60.2 Å². The molecule has 0 unspecified atom stereocenters. The highest BCUT2D eigenvalue weighted by atomic mass is 32.1. The first kappa shape index (κ1) is 17.5. The van der Waals surface area contributed by atoms with Crippen molar-refractivity contribution in [3.8, 4) is 5.75 Å². The number of aromatic nitrogens is 3. The second-order valence-corrected chi connectivity index (χ2v) is 7.18. The predicted octanol–water partition coefficient (Wildman–Crippen LogP) is 3.77. The van der Waals surface area contributed by atoms with Gasteiger partial charge in [0.25, 0.3) is 5.91 Å². The lowest BCUT2D eigenvalue weighted by Crippen LogP contribution is -2.26. The minimum absolute atomic E-state index is 0.0112. The van der Waals surface area contributed by atoms with Gasteiger partial charge >= 0.3 is 0 Å². The van der Waals surface area contributed by atoms with Gasteiger partial charge in [-0.3, -0.25) is 4.79 Å². The van der Waals surface area contributed by atoms with Crippen LogP contribution in [0.15, 0.2) is 36.4 Å². The summed E-state index contributed by atoms with van der Waals surface area (Å²) in [6.45, 7) is 2.48. The monoisotopic (exact) mass is 380 g/mol. The zero-order chi connectivity index (χ0) is 19.1. The summed E-state index contributed by atoms with van der Waals surface area (Å²) in [5.74, 6) is 0.731. The number of benzene rings is 2. The number of nitrogens with zero attached hydrogens (tertiary/aromatic N) is 4. The van der Waals surface area contributed by atoms with Crippen LogP contribution in [0.2, 0.25) is 0 Å². The zero-order valence-electron chi connectivity index (χ0n) is 15.7. The van der Waals surface area contributed by atoms with E-state index in [-0.39, 0.29) is 5.91 Å². The third-order valence-corrected chi connectivity index (χ3v) is 5.55. The number of carbonyl (C=O) groups is 1. The first-order valence-electron chi connectivity index (χ1n) is 8.59. The van der Waals surface area contributed by atoms with Gasteiger partial charge in [-0.2, -0.15) is 8.75 Å². The second kappa shape index (κ2) is 6.66. The van der Waals surface area contributed by atoms with Crippen LogP contribution in [0.3, 0.4) is 0 Å². The maximum atomic E-state index is 13.3. The third-order valence-electron chi connectivity index (χ3n) is 5.00. The van der Waals surface area contributed by atoms with Gasteiger partial charge in [0.15, 0.2) is 0 Å². The van der Waals surface area contributed by atoms with Crippen LogP contribution in [0.1, 0.15) is 21.6 Å². The molecule has 7 heteroatoms. The highest BCUT2D eigenvalue weighted by molar-refractivity contribution is 7.00. The van der Waals surface area contributed by atoms with E-state index in [2.05, 4.69) is 8.75 Å². The first-order valence-corrected chi connectivity index (χ1v) is 9.32. The molecule has 0 aliphatic heterocycles. The number of hydrogen-bond acceptors (Lipinski definition) is 5. The highest BCUT2D eigenvalue weighted by Gasteiger charge is 2.22. The van der Waals surface area contributed by atoms with E-state index in [0.717, 1.165) is 38.9 Å². The Balaban J connectivity index is 1.69. The molecule has 0 saturated heterocycles. The van der Waals surface area contributed by atoms with Gasteiger partial charge < -0.3 is 14.2 Å². The molecule has 2 heterocycles. The van der Waals surface area contributed by atoms with E-state index in [0.29, 0.717) is 12.1 Å². The average molecular weight is 380 g/mol. The SMILES string of the molecule is COc1ccc2c(c1)c(C(=O)N(C)Cc1ccc3nsnc3c1)c(C)n2C. The van der Waals surface area contributed by atoms with E-state index in [1.54, 1.807) is 12.0 Å². The number of methoxy groups -OCH3 is 1. The zero-order valence-corrected chi connectivity index (χ0v) is 16.5. The fourth-order valence-corrected chi connectivity index (χ4v) is 3.93. The molecule has 138 valence electrons.